The lowest BCUT2D eigenvalue weighted by molar-refractivity contribution is 0.250. The normalized spacial score (nSPS) is 27.2. The van der Waals surface area contributed by atoms with Crippen molar-refractivity contribution in [2.75, 3.05) is 13.1 Å². The van der Waals surface area contributed by atoms with Crippen molar-refractivity contribution >= 4 is 0 Å². The molecule has 1 aromatic rings. The summed E-state index contributed by atoms with van der Waals surface area (Å²) in [6, 6.07) is 0. The fourth-order valence-corrected chi connectivity index (χ4v) is 4.40. The average molecular weight is 301 g/mol. The maximum atomic E-state index is 6.25. The first kappa shape index (κ1) is 14.4. The van der Waals surface area contributed by atoms with E-state index in [1.807, 2.05) is 0 Å². The van der Waals surface area contributed by atoms with Crippen molar-refractivity contribution in [3.05, 3.63) is 22.3 Å². The molecule has 0 amide bonds. The molecule has 3 aliphatic heterocycles. The quantitative estimate of drug-likeness (QED) is 0.910. The van der Waals surface area contributed by atoms with Crippen LogP contribution in [-0.4, -0.2) is 25.3 Å². The van der Waals surface area contributed by atoms with Crippen molar-refractivity contribution in [3.8, 4) is 11.5 Å². The van der Waals surface area contributed by atoms with Gasteiger partial charge in [0.2, 0.25) is 0 Å². The smallest absolute Gasteiger partial charge is 0.127 e. The van der Waals surface area contributed by atoms with E-state index in [1.165, 1.54) is 46.6 Å². The second-order valence-corrected chi connectivity index (χ2v) is 7.38. The third kappa shape index (κ3) is 2.30. The van der Waals surface area contributed by atoms with E-state index in [-0.39, 0.29) is 0 Å². The lowest BCUT2D eigenvalue weighted by Crippen LogP contribution is -2.29. The Labute approximate surface area is 133 Å². The molecule has 4 rings (SSSR count). The number of hydrogen-bond acceptors (Lipinski definition) is 3. The van der Waals surface area contributed by atoms with Crippen LogP contribution in [0.1, 0.15) is 48.9 Å². The Morgan fingerprint density at radius 1 is 0.955 bits per heavy atom. The van der Waals surface area contributed by atoms with E-state index in [0.717, 1.165) is 38.3 Å². The molecule has 120 valence electrons. The van der Waals surface area contributed by atoms with Crippen molar-refractivity contribution in [3.63, 3.8) is 0 Å². The minimum atomic E-state index is 0.306. The van der Waals surface area contributed by atoms with E-state index >= 15 is 0 Å². The van der Waals surface area contributed by atoms with E-state index in [9.17, 15) is 0 Å². The van der Waals surface area contributed by atoms with Gasteiger partial charge in [-0.3, -0.25) is 0 Å². The van der Waals surface area contributed by atoms with Gasteiger partial charge in [-0.1, -0.05) is 0 Å². The molecule has 3 heteroatoms. The van der Waals surface area contributed by atoms with Gasteiger partial charge in [0, 0.05) is 29.5 Å². The molecule has 3 nitrogen and oxygen atoms in total. The first-order valence-electron chi connectivity index (χ1n) is 8.84. The molecule has 0 spiro atoms. The highest BCUT2D eigenvalue weighted by atomic mass is 16.5. The number of hydrogen-bond donors (Lipinski definition) is 1. The van der Waals surface area contributed by atoms with E-state index in [4.69, 9.17) is 9.47 Å². The molecule has 0 radical (unpaired) electrons. The zero-order valence-electron chi connectivity index (χ0n) is 14.0. The molecule has 1 saturated heterocycles. The molecule has 1 aromatic carbocycles. The summed E-state index contributed by atoms with van der Waals surface area (Å²) in [5, 5.41) is 3.47. The second-order valence-electron chi connectivity index (χ2n) is 7.38. The first-order valence-corrected chi connectivity index (χ1v) is 8.84. The molecule has 3 heterocycles. The molecule has 22 heavy (non-hydrogen) atoms. The number of rotatable bonds is 2. The second kappa shape index (κ2) is 5.45. The van der Waals surface area contributed by atoms with Crippen LogP contribution in [0, 0.1) is 12.8 Å². The third-order valence-corrected chi connectivity index (χ3v) is 5.55. The van der Waals surface area contributed by atoms with Gasteiger partial charge < -0.3 is 14.8 Å². The predicted molar refractivity (Wildman–Crippen MR) is 88.1 cm³/mol. The summed E-state index contributed by atoms with van der Waals surface area (Å²) >= 11 is 0. The fraction of sp³-hybridized carbons (Fsp3) is 0.684. The molecule has 0 saturated carbocycles. The number of benzene rings is 1. The fourth-order valence-electron chi connectivity index (χ4n) is 4.40. The highest BCUT2D eigenvalue weighted by Crippen LogP contribution is 2.47. The Hall–Kier alpha value is -1.22. The summed E-state index contributed by atoms with van der Waals surface area (Å²) in [7, 11) is 0. The van der Waals surface area contributed by atoms with E-state index in [2.05, 4.69) is 26.1 Å². The van der Waals surface area contributed by atoms with Gasteiger partial charge in [-0.15, -0.1) is 0 Å². The highest BCUT2D eigenvalue weighted by molar-refractivity contribution is 5.62. The Morgan fingerprint density at radius 2 is 1.59 bits per heavy atom. The Bertz CT molecular complexity index is 551. The Kier molecular flexibility index (Phi) is 3.56. The predicted octanol–water partition coefficient (Wildman–Crippen LogP) is 3.18. The monoisotopic (exact) mass is 301 g/mol. The van der Waals surface area contributed by atoms with Gasteiger partial charge in [0.05, 0.1) is 0 Å². The number of ether oxygens (including phenoxy) is 2. The molecule has 0 bridgehead atoms. The van der Waals surface area contributed by atoms with Crippen LogP contribution in [-0.2, 0) is 19.3 Å². The summed E-state index contributed by atoms with van der Waals surface area (Å²) in [6.07, 6.45) is 6.41. The Balaban J connectivity index is 1.76. The molecule has 0 aromatic heterocycles. The van der Waals surface area contributed by atoms with Gasteiger partial charge in [0.15, 0.2) is 0 Å². The molecule has 1 N–H and O–H groups in total. The van der Waals surface area contributed by atoms with Crippen LogP contribution in [0.25, 0.3) is 0 Å². The lowest BCUT2D eigenvalue weighted by Gasteiger charge is -2.25. The summed E-state index contributed by atoms with van der Waals surface area (Å²) < 4.78 is 12.4. The van der Waals surface area contributed by atoms with Crippen molar-refractivity contribution in [2.24, 2.45) is 5.92 Å². The third-order valence-electron chi connectivity index (χ3n) is 5.55. The maximum absolute atomic E-state index is 6.25. The molecule has 3 aliphatic rings. The summed E-state index contributed by atoms with van der Waals surface area (Å²) in [4.78, 5) is 0. The highest BCUT2D eigenvalue weighted by Gasteiger charge is 2.34. The molecular formula is C19H27NO2. The van der Waals surface area contributed by atoms with Gasteiger partial charge in [-0.05, 0) is 64.6 Å². The van der Waals surface area contributed by atoms with Crippen LogP contribution >= 0.6 is 0 Å². The Morgan fingerprint density at radius 3 is 2.32 bits per heavy atom. The van der Waals surface area contributed by atoms with E-state index in [1.54, 1.807) is 0 Å². The van der Waals surface area contributed by atoms with Gasteiger partial charge >= 0.3 is 0 Å². The van der Waals surface area contributed by atoms with Crippen LogP contribution in [0.15, 0.2) is 0 Å². The number of fused-ring (bicyclic) bond motifs is 2. The molecule has 2 unspecified atom stereocenters. The topological polar surface area (TPSA) is 30.5 Å². The minimum Gasteiger partial charge on any atom is -0.490 e. The molecule has 0 aliphatic carbocycles. The first-order chi connectivity index (χ1) is 10.6. The summed E-state index contributed by atoms with van der Waals surface area (Å²) in [5.74, 6) is 3.17. The molecule has 2 atom stereocenters. The number of nitrogens with one attached hydrogen (secondary N) is 1. The zero-order valence-corrected chi connectivity index (χ0v) is 14.0. The molecule has 1 fully saturated rings. The number of piperidine rings is 1. The molecular weight excluding hydrogens is 274 g/mol. The van der Waals surface area contributed by atoms with Crippen LogP contribution < -0.4 is 14.8 Å². The summed E-state index contributed by atoms with van der Waals surface area (Å²) in [6.45, 7) is 8.90. The summed E-state index contributed by atoms with van der Waals surface area (Å²) in [5.41, 5.74) is 5.64. The largest absolute Gasteiger partial charge is 0.490 e. The SMILES string of the molecule is Cc1c2c(c(CC3CCNCC3)c3c1OC(C)C3)OC(C)C2. The van der Waals surface area contributed by atoms with Crippen LogP contribution in [0.3, 0.4) is 0 Å². The van der Waals surface area contributed by atoms with Crippen LogP contribution in [0.4, 0.5) is 0 Å². The standard InChI is InChI=1S/C19H27NO2/c1-11-8-15-13(3)18-16(9-12(2)21-18)17(19(15)22-11)10-14-4-6-20-7-5-14/h11-12,14,20H,4-10H2,1-3H3. The van der Waals surface area contributed by atoms with Gasteiger partial charge in [-0.25, -0.2) is 0 Å². The average Bonchev–Trinajstić information content (AvgIpc) is 3.08. The van der Waals surface area contributed by atoms with Crippen LogP contribution in [0.5, 0.6) is 11.5 Å². The maximum Gasteiger partial charge on any atom is 0.127 e. The lowest BCUT2D eigenvalue weighted by atomic mass is 9.85. The van der Waals surface area contributed by atoms with E-state index < -0.39 is 0 Å². The van der Waals surface area contributed by atoms with Crippen LogP contribution in [0.2, 0.25) is 0 Å². The van der Waals surface area contributed by atoms with E-state index in [0.29, 0.717) is 12.2 Å². The minimum absolute atomic E-state index is 0.306. The van der Waals surface area contributed by atoms with Crippen molar-refractivity contribution in [1.82, 2.24) is 5.32 Å². The van der Waals surface area contributed by atoms with Gasteiger partial charge in [0.1, 0.15) is 23.7 Å². The van der Waals surface area contributed by atoms with Gasteiger partial charge in [-0.2, -0.15) is 0 Å². The van der Waals surface area contributed by atoms with Gasteiger partial charge in [0.25, 0.3) is 0 Å². The van der Waals surface area contributed by atoms with Crippen molar-refractivity contribution < 1.29 is 9.47 Å². The van der Waals surface area contributed by atoms with Crippen molar-refractivity contribution in [1.29, 1.82) is 0 Å². The van der Waals surface area contributed by atoms with Crippen molar-refractivity contribution in [2.45, 2.75) is 65.1 Å². The zero-order chi connectivity index (χ0) is 15.3.